The van der Waals surface area contributed by atoms with Gasteiger partial charge in [0.1, 0.15) is 12.2 Å². The first-order chi connectivity index (χ1) is 14.5. The molecule has 160 valence electrons. The fourth-order valence-electron chi connectivity index (χ4n) is 4.42. The Labute approximate surface area is 175 Å². The number of allylic oxidation sites excluding steroid dienone is 4. The molecule has 2 saturated carbocycles. The van der Waals surface area contributed by atoms with E-state index in [4.69, 9.17) is 10.00 Å². The second-order valence-corrected chi connectivity index (χ2v) is 8.21. The van der Waals surface area contributed by atoms with E-state index in [-0.39, 0.29) is 23.9 Å². The zero-order valence-corrected chi connectivity index (χ0v) is 16.8. The van der Waals surface area contributed by atoms with Crippen molar-refractivity contribution in [2.75, 3.05) is 0 Å². The first kappa shape index (κ1) is 22.1. The lowest BCUT2D eigenvalue weighted by atomic mass is 9.78. The fourth-order valence-corrected chi connectivity index (χ4v) is 4.42. The van der Waals surface area contributed by atoms with Gasteiger partial charge in [-0.2, -0.15) is 9.65 Å². The third-order valence-corrected chi connectivity index (χ3v) is 6.21. The predicted octanol–water partition coefficient (Wildman–Crippen LogP) is 6.27. The van der Waals surface area contributed by atoms with Crippen LogP contribution in [-0.4, -0.2) is 12.1 Å². The summed E-state index contributed by atoms with van der Waals surface area (Å²) in [4.78, 5) is 12.5. The lowest BCUT2D eigenvalue weighted by Gasteiger charge is -2.31. The van der Waals surface area contributed by atoms with Crippen LogP contribution < -0.4 is 0 Å². The van der Waals surface area contributed by atoms with Crippen molar-refractivity contribution in [2.24, 2.45) is 11.8 Å². The van der Waals surface area contributed by atoms with E-state index in [1.54, 1.807) is 12.1 Å². The average Bonchev–Trinajstić information content (AvgIpc) is 2.76. The summed E-state index contributed by atoms with van der Waals surface area (Å²) in [6, 6.07) is 5.48. The molecule has 2 fully saturated rings. The maximum Gasteiger partial charge on any atom is 0.309 e. The number of rotatable bonds is 5. The maximum atomic E-state index is 13.5. The van der Waals surface area contributed by atoms with Crippen molar-refractivity contribution in [1.82, 2.24) is 0 Å². The number of nitrogens with zero attached hydrogens (tertiary/aromatic N) is 1. The standard InChI is InChI=1S/C24H26F3NO2/c25-20(15-28)3-1-2-16-4-11-21(12-5-16)30-24(29)18-8-6-17(7-9-18)19-10-13-22(26)23(27)14-19/h1-3,10,13-14,16-18,21H,4-9,11-12H2/b2-1+,20-3?/t16?,17-,18-,21?. The molecule has 0 atom stereocenters. The van der Waals surface area contributed by atoms with Crippen molar-refractivity contribution in [3.8, 4) is 6.07 Å². The minimum Gasteiger partial charge on any atom is -0.462 e. The lowest BCUT2D eigenvalue weighted by Crippen LogP contribution is -2.29. The molecule has 1 aromatic carbocycles. The average molecular weight is 417 g/mol. The molecule has 0 unspecified atom stereocenters. The SMILES string of the molecule is N#CC(F)=C/C=C/C1CCC(OC(=O)[C@H]2CC[C@H](c3ccc(F)c(F)c3)CC2)CC1. The van der Waals surface area contributed by atoms with Crippen LogP contribution in [0.1, 0.15) is 62.8 Å². The molecule has 0 amide bonds. The largest absolute Gasteiger partial charge is 0.462 e. The second kappa shape index (κ2) is 10.5. The highest BCUT2D eigenvalue weighted by Crippen LogP contribution is 2.37. The van der Waals surface area contributed by atoms with Crippen LogP contribution in [0.5, 0.6) is 0 Å². The van der Waals surface area contributed by atoms with Crippen LogP contribution in [0.25, 0.3) is 0 Å². The maximum absolute atomic E-state index is 13.5. The molecule has 0 N–H and O–H groups in total. The highest BCUT2D eigenvalue weighted by atomic mass is 19.2. The minimum absolute atomic E-state index is 0.0857. The number of hydrogen-bond donors (Lipinski definition) is 0. The molecule has 0 saturated heterocycles. The quantitative estimate of drug-likeness (QED) is 0.322. The molecular formula is C24H26F3NO2. The van der Waals surface area contributed by atoms with Gasteiger partial charge >= 0.3 is 5.97 Å². The van der Waals surface area contributed by atoms with E-state index in [9.17, 15) is 18.0 Å². The number of benzene rings is 1. The van der Waals surface area contributed by atoms with Gasteiger partial charge in [-0.25, -0.2) is 8.78 Å². The number of esters is 1. The first-order valence-electron chi connectivity index (χ1n) is 10.6. The molecule has 0 aromatic heterocycles. The number of halogens is 3. The van der Waals surface area contributed by atoms with E-state index in [2.05, 4.69) is 0 Å². The van der Waals surface area contributed by atoms with Crippen LogP contribution in [0.3, 0.4) is 0 Å². The number of carbonyl (C=O) groups excluding carboxylic acids is 1. The van der Waals surface area contributed by atoms with Gasteiger partial charge in [-0.1, -0.05) is 18.2 Å². The van der Waals surface area contributed by atoms with Crippen molar-refractivity contribution >= 4 is 5.97 Å². The Bertz CT molecular complexity index is 842. The van der Waals surface area contributed by atoms with Crippen molar-refractivity contribution in [1.29, 1.82) is 5.26 Å². The topological polar surface area (TPSA) is 50.1 Å². The summed E-state index contributed by atoms with van der Waals surface area (Å²) >= 11 is 0. The number of nitriles is 1. The van der Waals surface area contributed by atoms with E-state index in [1.807, 2.05) is 6.08 Å². The summed E-state index contributed by atoms with van der Waals surface area (Å²) in [5.74, 6) is -2.33. The Morgan fingerprint density at radius 2 is 1.73 bits per heavy atom. The third-order valence-electron chi connectivity index (χ3n) is 6.21. The van der Waals surface area contributed by atoms with Crippen LogP contribution in [-0.2, 0) is 9.53 Å². The summed E-state index contributed by atoms with van der Waals surface area (Å²) in [6.45, 7) is 0. The fraction of sp³-hybridized carbons (Fsp3) is 0.500. The zero-order chi connectivity index (χ0) is 21.5. The molecule has 0 spiro atoms. The normalized spacial score (nSPS) is 27.6. The smallest absolute Gasteiger partial charge is 0.309 e. The zero-order valence-electron chi connectivity index (χ0n) is 16.8. The van der Waals surface area contributed by atoms with Crippen LogP contribution in [0.4, 0.5) is 13.2 Å². The van der Waals surface area contributed by atoms with Crippen molar-refractivity contribution < 1.29 is 22.7 Å². The van der Waals surface area contributed by atoms with Crippen molar-refractivity contribution in [2.45, 2.75) is 63.4 Å². The highest BCUT2D eigenvalue weighted by molar-refractivity contribution is 5.72. The molecule has 30 heavy (non-hydrogen) atoms. The van der Waals surface area contributed by atoms with Crippen LogP contribution in [0.15, 0.2) is 42.3 Å². The predicted molar refractivity (Wildman–Crippen MR) is 107 cm³/mol. The first-order valence-corrected chi connectivity index (χ1v) is 10.6. The summed E-state index contributed by atoms with van der Waals surface area (Å²) in [5, 5.41) is 8.39. The Balaban J connectivity index is 1.41. The van der Waals surface area contributed by atoms with Gasteiger partial charge in [-0.05, 0) is 87.0 Å². The summed E-state index contributed by atoms with van der Waals surface area (Å²) in [6.07, 6.45) is 10.7. The molecule has 3 rings (SSSR count). The van der Waals surface area contributed by atoms with Gasteiger partial charge in [0, 0.05) is 0 Å². The Morgan fingerprint density at radius 3 is 2.37 bits per heavy atom. The van der Waals surface area contributed by atoms with Crippen LogP contribution >= 0.6 is 0 Å². The van der Waals surface area contributed by atoms with Crippen LogP contribution in [0.2, 0.25) is 0 Å². The summed E-state index contributed by atoms with van der Waals surface area (Å²) < 4.78 is 45.1. The van der Waals surface area contributed by atoms with Gasteiger partial charge < -0.3 is 4.74 Å². The van der Waals surface area contributed by atoms with Gasteiger partial charge in [-0.3, -0.25) is 4.79 Å². The summed E-state index contributed by atoms with van der Waals surface area (Å²) in [5.41, 5.74) is 0.789. The van der Waals surface area contributed by atoms with Gasteiger partial charge in [0.2, 0.25) is 0 Å². The summed E-state index contributed by atoms with van der Waals surface area (Å²) in [7, 11) is 0. The van der Waals surface area contributed by atoms with E-state index < -0.39 is 17.5 Å². The number of ether oxygens (including phenoxy) is 1. The van der Waals surface area contributed by atoms with Crippen molar-refractivity contribution in [3.05, 3.63) is 59.5 Å². The minimum atomic E-state index is -0.841. The Morgan fingerprint density at radius 1 is 1.03 bits per heavy atom. The second-order valence-electron chi connectivity index (χ2n) is 8.21. The van der Waals surface area contributed by atoms with E-state index >= 15 is 0 Å². The molecule has 0 heterocycles. The van der Waals surface area contributed by atoms with Gasteiger partial charge in [-0.15, -0.1) is 0 Å². The monoisotopic (exact) mass is 417 g/mol. The molecule has 0 bridgehead atoms. The molecule has 6 heteroatoms. The third kappa shape index (κ3) is 5.98. The molecule has 3 nitrogen and oxygen atoms in total. The van der Waals surface area contributed by atoms with Crippen LogP contribution in [0, 0.1) is 34.8 Å². The van der Waals surface area contributed by atoms with E-state index in [0.717, 1.165) is 56.2 Å². The number of hydrogen-bond acceptors (Lipinski definition) is 3. The van der Waals surface area contributed by atoms with Gasteiger partial charge in [0.15, 0.2) is 17.5 Å². The Hall–Kier alpha value is -2.55. The highest BCUT2D eigenvalue weighted by Gasteiger charge is 2.31. The molecule has 0 radical (unpaired) electrons. The van der Waals surface area contributed by atoms with Crippen molar-refractivity contribution in [3.63, 3.8) is 0 Å². The molecule has 2 aliphatic carbocycles. The lowest BCUT2D eigenvalue weighted by molar-refractivity contribution is -0.157. The van der Waals surface area contributed by atoms with Gasteiger partial charge in [0.05, 0.1) is 5.92 Å². The molecule has 1 aromatic rings. The molecule has 2 aliphatic rings. The van der Waals surface area contributed by atoms with E-state index in [0.29, 0.717) is 18.8 Å². The molecule has 0 aliphatic heterocycles. The van der Waals surface area contributed by atoms with E-state index in [1.165, 1.54) is 12.1 Å². The molecular weight excluding hydrogens is 391 g/mol. The number of carbonyl (C=O) groups is 1. The van der Waals surface area contributed by atoms with Gasteiger partial charge in [0.25, 0.3) is 0 Å². The Kier molecular flexibility index (Phi) is 7.73.